The maximum atomic E-state index is 10.4. The van der Waals surface area contributed by atoms with Crippen molar-refractivity contribution in [2.24, 2.45) is 7.05 Å². The van der Waals surface area contributed by atoms with Gasteiger partial charge < -0.3 is 5.11 Å². The van der Waals surface area contributed by atoms with Gasteiger partial charge in [-0.25, -0.2) is 0 Å². The molecule has 1 fully saturated rings. The van der Waals surface area contributed by atoms with Crippen LogP contribution in [0.5, 0.6) is 0 Å². The molecule has 3 heterocycles. The van der Waals surface area contributed by atoms with Gasteiger partial charge in [-0.1, -0.05) is 17.7 Å². The third-order valence-corrected chi connectivity index (χ3v) is 5.94. The maximum Gasteiger partial charge on any atom is 0.131 e. The molecule has 2 unspecified atom stereocenters. The predicted molar refractivity (Wildman–Crippen MR) is 90.3 cm³/mol. The van der Waals surface area contributed by atoms with Gasteiger partial charge in [0.2, 0.25) is 0 Å². The number of aromatic nitrogens is 2. The van der Waals surface area contributed by atoms with Crippen LogP contribution in [0.15, 0.2) is 17.5 Å². The number of thiophene rings is 1. The number of hydrogen-bond donors (Lipinski definition) is 1. The summed E-state index contributed by atoms with van der Waals surface area (Å²) < 4.78 is 1.73. The topological polar surface area (TPSA) is 41.3 Å². The zero-order chi connectivity index (χ0) is 15.7. The quantitative estimate of drug-likeness (QED) is 0.906. The van der Waals surface area contributed by atoms with Gasteiger partial charge in [0.15, 0.2) is 0 Å². The molecule has 2 aromatic rings. The minimum absolute atomic E-state index is 0.365. The maximum absolute atomic E-state index is 10.4. The van der Waals surface area contributed by atoms with Crippen molar-refractivity contribution in [1.29, 1.82) is 0 Å². The Morgan fingerprint density at radius 3 is 3.00 bits per heavy atom. The molecule has 22 heavy (non-hydrogen) atoms. The number of nitrogens with zero attached hydrogens (tertiary/aromatic N) is 3. The van der Waals surface area contributed by atoms with Crippen molar-refractivity contribution >= 4 is 22.9 Å². The van der Waals surface area contributed by atoms with E-state index in [9.17, 15) is 5.11 Å². The highest BCUT2D eigenvalue weighted by Gasteiger charge is 2.29. The zero-order valence-electron chi connectivity index (χ0n) is 13.0. The Morgan fingerprint density at radius 1 is 1.55 bits per heavy atom. The lowest BCUT2D eigenvalue weighted by molar-refractivity contribution is 0.120. The molecule has 0 aromatic carbocycles. The van der Waals surface area contributed by atoms with Crippen molar-refractivity contribution in [3.05, 3.63) is 38.8 Å². The van der Waals surface area contributed by atoms with E-state index in [1.54, 1.807) is 16.0 Å². The average molecular weight is 340 g/mol. The molecule has 3 rings (SSSR count). The van der Waals surface area contributed by atoms with Crippen LogP contribution in [0, 0.1) is 6.92 Å². The zero-order valence-corrected chi connectivity index (χ0v) is 14.6. The molecule has 0 bridgehead atoms. The highest BCUT2D eigenvalue weighted by molar-refractivity contribution is 7.10. The van der Waals surface area contributed by atoms with Crippen LogP contribution in [0.25, 0.3) is 0 Å². The van der Waals surface area contributed by atoms with E-state index in [1.807, 2.05) is 31.5 Å². The molecule has 4 nitrogen and oxygen atoms in total. The number of likely N-dealkylation sites (tertiary alicyclic amines) is 1. The van der Waals surface area contributed by atoms with Crippen molar-refractivity contribution in [3.63, 3.8) is 0 Å². The Balaban J connectivity index is 1.68. The van der Waals surface area contributed by atoms with Gasteiger partial charge >= 0.3 is 0 Å². The largest absolute Gasteiger partial charge is 0.388 e. The summed E-state index contributed by atoms with van der Waals surface area (Å²) >= 11 is 7.98. The molecule has 2 atom stereocenters. The van der Waals surface area contributed by atoms with Crippen molar-refractivity contribution < 1.29 is 5.11 Å². The first kappa shape index (κ1) is 16.0. The predicted octanol–water partition coefficient (Wildman–Crippen LogP) is 3.53. The van der Waals surface area contributed by atoms with Crippen molar-refractivity contribution in [2.45, 2.75) is 44.9 Å². The molecule has 1 aliphatic heterocycles. The first-order valence-electron chi connectivity index (χ1n) is 7.69. The van der Waals surface area contributed by atoms with E-state index in [2.05, 4.69) is 10.00 Å². The number of aliphatic hydroxyl groups excluding tert-OH is 1. The smallest absolute Gasteiger partial charge is 0.131 e. The fourth-order valence-corrected chi connectivity index (χ4v) is 4.24. The van der Waals surface area contributed by atoms with Crippen molar-refractivity contribution in [1.82, 2.24) is 14.7 Å². The van der Waals surface area contributed by atoms with Gasteiger partial charge in [0.25, 0.3) is 0 Å². The fourth-order valence-electron chi connectivity index (χ4n) is 3.28. The third kappa shape index (κ3) is 3.23. The van der Waals surface area contributed by atoms with E-state index in [0.29, 0.717) is 6.04 Å². The molecule has 0 saturated carbocycles. The molecule has 1 saturated heterocycles. The fraction of sp³-hybridized carbons (Fsp3) is 0.562. The monoisotopic (exact) mass is 339 g/mol. The van der Waals surface area contributed by atoms with Crippen LogP contribution in [0.1, 0.15) is 41.5 Å². The minimum Gasteiger partial charge on any atom is -0.388 e. The van der Waals surface area contributed by atoms with Gasteiger partial charge in [-0.3, -0.25) is 9.58 Å². The van der Waals surface area contributed by atoms with E-state index in [1.165, 1.54) is 6.42 Å². The van der Waals surface area contributed by atoms with E-state index < -0.39 is 0 Å². The van der Waals surface area contributed by atoms with Crippen LogP contribution in [-0.2, 0) is 13.6 Å². The minimum atomic E-state index is -0.365. The van der Waals surface area contributed by atoms with Crippen LogP contribution in [0.4, 0.5) is 0 Å². The number of aryl methyl sites for hydroxylation is 2. The highest BCUT2D eigenvalue weighted by atomic mass is 35.5. The average Bonchev–Trinajstić information content (AvgIpc) is 3.19. The second-order valence-electron chi connectivity index (χ2n) is 6.01. The van der Waals surface area contributed by atoms with E-state index in [0.717, 1.165) is 47.2 Å². The summed E-state index contributed by atoms with van der Waals surface area (Å²) in [6, 6.07) is 4.42. The normalized spacial score (nSPS) is 20.6. The molecular formula is C16H22ClN3OS. The summed E-state index contributed by atoms with van der Waals surface area (Å²) in [6.07, 6.45) is 2.74. The Hall–Kier alpha value is -0.880. The first-order chi connectivity index (χ1) is 10.6. The molecule has 0 aliphatic carbocycles. The van der Waals surface area contributed by atoms with Crippen molar-refractivity contribution in [2.75, 3.05) is 6.54 Å². The van der Waals surface area contributed by atoms with Gasteiger partial charge in [-0.05, 0) is 44.2 Å². The van der Waals surface area contributed by atoms with Gasteiger partial charge in [-0.2, -0.15) is 5.10 Å². The number of rotatable bonds is 5. The Labute approximate surface area is 140 Å². The lowest BCUT2D eigenvalue weighted by atomic mass is 10.1. The number of halogens is 1. The highest BCUT2D eigenvalue weighted by Crippen LogP contribution is 2.31. The molecule has 0 spiro atoms. The molecule has 1 N–H and O–H groups in total. The summed E-state index contributed by atoms with van der Waals surface area (Å²) in [6.45, 7) is 3.89. The Kier molecular flexibility index (Phi) is 4.88. The standard InChI is InChI=1S/C16H22ClN3OS/c1-11-13(16(17)19(2)18-11)10-20-7-3-5-12(20)9-14(21)15-6-4-8-22-15/h4,6,8,12,14,21H,3,5,7,9-10H2,1-2H3. The SMILES string of the molecule is Cc1nn(C)c(Cl)c1CN1CCCC1CC(O)c1cccs1. The lowest BCUT2D eigenvalue weighted by Crippen LogP contribution is -2.30. The molecule has 6 heteroatoms. The molecule has 120 valence electrons. The number of hydrogen-bond acceptors (Lipinski definition) is 4. The molecule has 0 amide bonds. The van der Waals surface area contributed by atoms with Gasteiger partial charge in [-0.15, -0.1) is 11.3 Å². The van der Waals surface area contributed by atoms with Gasteiger partial charge in [0, 0.05) is 30.1 Å². The van der Waals surface area contributed by atoms with E-state index in [4.69, 9.17) is 11.6 Å². The Morgan fingerprint density at radius 2 is 2.36 bits per heavy atom. The van der Waals surface area contributed by atoms with Crippen molar-refractivity contribution in [3.8, 4) is 0 Å². The second kappa shape index (κ2) is 6.71. The van der Waals surface area contributed by atoms with Gasteiger partial charge in [0.1, 0.15) is 5.15 Å². The summed E-state index contributed by atoms with van der Waals surface area (Å²) in [5.74, 6) is 0. The summed E-state index contributed by atoms with van der Waals surface area (Å²) in [5, 5.41) is 17.5. The van der Waals surface area contributed by atoms with E-state index in [-0.39, 0.29) is 6.10 Å². The molecule has 1 aliphatic rings. The van der Waals surface area contributed by atoms with Crippen LogP contribution in [-0.4, -0.2) is 32.4 Å². The Bertz CT molecular complexity index is 626. The molecule has 2 aromatic heterocycles. The summed E-state index contributed by atoms with van der Waals surface area (Å²) in [4.78, 5) is 3.50. The van der Waals surface area contributed by atoms with Crippen LogP contribution >= 0.6 is 22.9 Å². The summed E-state index contributed by atoms with van der Waals surface area (Å²) in [7, 11) is 1.88. The summed E-state index contributed by atoms with van der Waals surface area (Å²) in [5.41, 5.74) is 2.11. The second-order valence-corrected chi connectivity index (χ2v) is 7.35. The van der Waals surface area contributed by atoms with Gasteiger partial charge in [0.05, 0.1) is 11.8 Å². The lowest BCUT2D eigenvalue weighted by Gasteiger charge is -2.26. The molecular weight excluding hydrogens is 318 g/mol. The van der Waals surface area contributed by atoms with Crippen LogP contribution in [0.3, 0.4) is 0 Å². The van der Waals surface area contributed by atoms with Crippen LogP contribution < -0.4 is 0 Å². The first-order valence-corrected chi connectivity index (χ1v) is 8.95. The number of aliphatic hydroxyl groups is 1. The van der Waals surface area contributed by atoms with E-state index >= 15 is 0 Å². The van der Waals surface area contributed by atoms with Crippen LogP contribution in [0.2, 0.25) is 5.15 Å². The third-order valence-electron chi connectivity index (χ3n) is 4.50. The molecule has 0 radical (unpaired) electrons.